The number of ether oxygens (including phenoxy) is 2. The van der Waals surface area contributed by atoms with Gasteiger partial charge in [-0.05, 0) is 66.9 Å². The number of carbonyl (C=O) groups excluding carboxylic acids is 1. The third kappa shape index (κ3) is 4.38. The summed E-state index contributed by atoms with van der Waals surface area (Å²) in [6.07, 6.45) is 4.22. The van der Waals surface area contributed by atoms with Crippen LogP contribution in [0.5, 0.6) is 11.5 Å². The van der Waals surface area contributed by atoms with Crippen LogP contribution in [0.3, 0.4) is 0 Å². The smallest absolute Gasteiger partial charge is 0.228 e. The fourth-order valence-electron chi connectivity index (χ4n) is 3.62. The summed E-state index contributed by atoms with van der Waals surface area (Å²) in [4.78, 5) is 17.4. The number of hydrogen-bond donors (Lipinski definition) is 1. The van der Waals surface area contributed by atoms with Crippen LogP contribution in [0.1, 0.15) is 16.7 Å². The van der Waals surface area contributed by atoms with Gasteiger partial charge in [0.15, 0.2) is 0 Å². The molecule has 0 atom stereocenters. The lowest BCUT2D eigenvalue weighted by molar-refractivity contribution is -0.115. The van der Waals surface area contributed by atoms with Crippen LogP contribution in [-0.2, 0) is 11.2 Å². The minimum Gasteiger partial charge on any atom is -0.496 e. The molecule has 0 unspecified atom stereocenters. The summed E-state index contributed by atoms with van der Waals surface area (Å²) in [6.45, 7) is 4.00. The molecule has 0 fully saturated rings. The average molecular weight is 415 g/mol. The number of imidazole rings is 1. The number of benzene rings is 2. The molecule has 0 saturated carbocycles. The lowest BCUT2D eigenvalue weighted by Gasteiger charge is -2.12. The standard InChI is InChI=1S/C25H25N3O3/c1-16-9-10-28-15-21(26-24(28)11-16)19-6-8-23(31-4)20(14-19)27-25(29)13-18-5-7-22(30-3)17(2)12-18/h5-12,14-15H,13H2,1-4H3,(H,27,29). The summed E-state index contributed by atoms with van der Waals surface area (Å²) in [6, 6.07) is 15.5. The maximum Gasteiger partial charge on any atom is 0.228 e. The van der Waals surface area contributed by atoms with Crippen LogP contribution in [-0.4, -0.2) is 29.5 Å². The van der Waals surface area contributed by atoms with Gasteiger partial charge in [-0.25, -0.2) is 4.98 Å². The van der Waals surface area contributed by atoms with Crippen molar-refractivity contribution in [3.8, 4) is 22.8 Å². The second kappa shape index (κ2) is 8.52. The fourth-order valence-corrected chi connectivity index (χ4v) is 3.62. The van der Waals surface area contributed by atoms with Crippen molar-refractivity contribution in [2.45, 2.75) is 20.3 Å². The van der Waals surface area contributed by atoms with Crippen molar-refractivity contribution in [3.05, 3.63) is 77.6 Å². The fraction of sp³-hybridized carbons (Fsp3) is 0.200. The molecule has 1 amide bonds. The Labute approximate surface area is 181 Å². The highest BCUT2D eigenvalue weighted by Crippen LogP contribution is 2.31. The first-order chi connectivity index (χ1) is 15.0. The third-order valence-electron chi connectivity index (χ3n) is 5.21. The normalized spacial score (nSPS) is 10.8. The molecule has 6 nitrogen and oxygen atoms in total. The van der Waals surface area contributed by atoms with Crippen LogP contribution in [0.25, 0.3) is 16.9 Å². The van der Waals surface area contributed by atoms with E-state index in [9.17, 15) is 4.79 Å². The highest BCUT2D eigenvalue weighted by molar-refractivity contribution is 5.94. The molecule has 1 N–H and O–H groups in total. The van der Waals surface area contributed by atoms with Gasteiger partial charge in [-0.1, -0.05) is 12.1 Å². The second-order valence-electron chi connectivity index (χ2n) is 7.54. The SMILES string of the molecule is COc1ccc(CC(=O)Nc2cc(-c3cn4ccc(C)cc4n3)ccc2OC)cc1C. The molecule has 0 bridgehead atoms. The Bertz CT molecular complexity index is 1260. The zero-order valence-corrected chi connectivity index (χ0v) is 18.1. The molecule has 0 aliphatic carbocycles. The highest BCUT2D eigenvalue weighted by Gasteiger charge is 2.13. The number of nitrogens with zero attached hydrogens (tertiary/aromatic N) is 2. The summed E-state index contributed by atoms with van der Waals surface area (Å²) in [5.74, 6) is 1.29. The number of fused-ring (bicyclic) bond motifs is 1. The zero-order valence-electron chi connectivity index (χ0n) is 18.1. The summed E-state index contributed by atoms with van der Waals surface area (Å²) in [5, 5.41) is 2.98. The molecule has 2 aromatic carbocycles. The third-order valence-corrected chi connectivity index (χ3v) is 5.21. The summed E-state index contributed by atoms with van der Waals surface area (Å²) in [7, 11) is 3.23. The van der Waals surface area contributed by atoms with Gasteiger partial charge >= 0.3 is 0 Å². The van der Waals surface area contributed by atoms with Crippen LogP contribution >= 0.6 is 0 Å². The lowest BCUT2D eigenvalue weighted by atomic mass is 10.1. The minimum atomic E-state index is -0.120. The average Bonchev–Trinajstić information content (AvgIpc) is 3.17. The van der Waals surface area contributed by atoms with E-state index in [1.165, 1.54) is 0 Å². The molecule has 0 radical (unpaired) electrons. The van der Waals surface area contributed by atoms with E-state index >= 15 is 0 Å². The molecule has 4 rings (SSSR count). The van der Waals surface area contributed by atoms with E-state index in [2.05, 4.69) is 5.32 Å². The molecular formula is C25H25N3O3. The molecule has 0 spiro atoms. The first-order valence-electron chi connectivity index (χ1n) is 10.0. The van der Waals surface area contributed by atoms with Crippen LogP contribution in [0.4, 0.5) is 5.69 Å². The first-order valence-corrected chi connectivity index (χ1v) is 10.0. The largest absolute Gasteiger partial charge is 0.496 e. The van der Waals surface area contributed by atoms with E-state index in [-0.39, 0.29) is 12.3 Å². The molecule has 0 aliphatic heterocycles. The van der Waals surface area contributed by atoms with Gasteiger partial charge in [0, 0.05) is 18.0 Å². The van der Waals surface area contributed by atoms with E-state index < -0.39 is 0 Å². The molecule has 2 aromatic heterocycles. The Morgan fingerprint density at radius 3 is 2.52 bits per heavy atom. The quantitative estimate of drug-likeness (QED) is 0.491. The number of anilines is 1. The molecule has 0 saturated heterocycles. The van der Waals surface area contributed by atoms with E-state index in [1.807, 2.05) is 79.2 Å². The van der Waals surface area contributed by atoms with Gasteiger partial charge in [0.2, 0.25) is 5.91 Å². The van der Waals surface area contributed by atoms with Crippen molar-refractivity contribution in [1.82, 2.24) is 9.38 Å². The number of aromatic nitrogens is 2. The monoisotopic (exact) mass is 415 g/mol. The zero-order chi connectivity index (χ0) is 22.0. The van der Waals surface area contributed by atoms with Crippen molar-refractivity contribution in [3.63, 3.8) is 0 Å². The van der Waals surface area contributed by atoms with Crippen molar-refractivity contribution < 1.29 is 14.3 Å². The lowest BCUT2D eigenvalue weighted by Crippen LogP contribution is -2.15. The summed E-state index contributed by atoms with van der Waals surface area (Å²) in [5.41, 5.74) is 6.29. The van der Waals surface area contributed by atoms with Gasteiger partial charge in [-0.3, -0.25) is 4.79 Å². The van der Waals surface area contributed by atoms with E-state index in [0.29, 0.717) is 11.4 Å². The molecule has 4 aromatic rings. The molecule has 31 heavy (non-hydrogen) atoms. The van der Waals surface area contributed by atoms with E-state index in [0.717, 1.165) is 39.3 Å². The predicted molar refractivity (Wildman–Crippen MR) is 122 cm³/mol. The number of carbonyl (C=O) groups is 1. The van der Waals surface area contributed by atoms with Gasteiger partial charge in [0.1, 0.15) is 17.1 Å². The minimum absolute atomic E-state index is 0.120. The molecule has 158 valence electrons. The van der Waals surface area contributed by atoms with Crippen molar-refractivity contribution in [2.75, 3.05) is 19.5 Å². The van der Waals surface area contributed by atoms with Crippen molar-refractivity contribution in [2.24, 2.45) is 0 Å². The van der Waals surface area contributed by atoms with Gasteiger partial charge in [0.25, 0.3) is 0 Å². The highest BCUT2D eigenvalue weighted by atomic mass is 16.5. The maximum absolute atomic E-state index is 12.7. The topological polar surface area (TPSA) is 64.9 Å². The Kier molecular flexibility index (Phi) is 5.62. The van der Waals surface area contributed by atoms with Crippen LogP contribution in [0.2, 0.25) is 0 Å². The second-order valence-corrected chi connectivity index (χ2v) is 7.54. The summed E-state index contributed by atoms with van der Waals surface area (Å²) < 4.78 is 12.7. The van der Waals surface area contributed by atoms with Gasteiger partial charge in [-0.15, -0.1) is 0 Å². The number of pyridine rings is 1. The number of methoxy groups -OCH3 is 2. The number of nitrogens with one attached hydrogen (secondary N) is 1. The number of hydrogen-bond acceptors (Lipinski definition) is 4. The maximum atomic E-state index is 12.7. The van der Waals surface area contributed by atoms with Crippen molar-refractivity contribution in [1.29, 1.82) is 0 Å². The Morgan fingerprint density at radius 1 is 1.00 bits per heavy atom. The Balaban J connectivity index is 1.58. The van der Waals surface area contributed by atoms with Crippen molar-refractivity contribution >= 4 is 17.2 Å². The molecule has 2 heterocycles. The van der Waals surface area contributed by atoms with Crippen LogP contribution in [0, 0.1) is 13.8 Å². The molecule has 0 aliphatic rings. The predicted octanol–water partition coefficient (Wildman–Crippen LogP) is 4.82. The van der Waals surface area contributed by atoms with Gasteiger partial charge in [0.05, 0.1) is 32.0 Å². The van der Waals surface area contributed by atoms with E-state index in [1.54, 1.807) is 14.2 Å². The van der Waals surface area contributed by atoms with Gasteiger partial charge < -0.3 is 19.2 Å². The summed E-state index contributed by atoms with van der Waals surface area (Å²) >= 11 is 0. The first kappa shape index (κ1) is 20.5. The molecular weight excluding hydrogens is 390 g/mol. The van der Waals surface area contributed by atoms with Gasteiger partial charge in [-0.2, -0.15) is 0 Å². The Morgan fingerprint density at radius 2 is 1.77 bits per heavy atom. The number of rotatable bonds is 6. The number of aryl methyl sites for hydroxylation is 2. The molecule has 6 heteroatoms. The number of amides is 1. The Hall–Kier alpha value is -3.80. The van der Waals surface area contributed by atoms with Crippen LogP contribution < -0.4 is 14.8 Å². The van der Waals surface area contributed by atoms with Crippen LogP contribution in [0.15, 0.2) is 60.9 Å². The van der Waals surface area contributed by atoms with E-state index in [4.69, 9.17) is 14.5 Å².